The second-order valence-electron chi connectivity index (χ2n) is 5.60. The molecule has 0 amide bonds. The van der Waals surface area contributed by atoms with Crippen molar-refractivity contribution in [3.8, 4) is 0 Å². The van der Waals surface area contributed by atoms with E-state index < -0.39 is 5.97 Å². The van der Waals surface area contributed by atoms with Gasteiger partial charge < -0.3 is 10.2 Å². The van der Waals surface area contributed by atoms with Gasteiger partial charge in [0.1, 0.15) is 0 Å². The van der Waals surface area contributed by atoms with E-state index in [9.17, 15) is 4.79 Å². The molecule has 0 bridgehead atoms. The van der Waals surface area contributed by atoms with Crippen LogP contribution in [0.15, 0.2) is 72.8 Å². The highest BCUT2D eigenvalue weighted by Crippen LogP contribution is 2.23. The zero-order valence-corrected chi connectivity index (χ0v) is 17.3. The number of carbonyl (C=O) groups excluding carboxylic acids is 1. The Balaban J connectivity index is 1.87. The van der Waals surface area contributed by atoms with Crippen molar-refractivity contribution in [1.29, 1.82) is 0 Å². The molecule has 3 aromatic rings. The molecule has 4 nitrogen and oxygen atoms in total. The molecule has 0 saturated heterocycles. The molecule has 3 rings (SSSR count). The van der Waals surface area contributed by atoms with Crippen molar-refractivity contribution in [3.05, 3.63) is 93.4 Å². The van der Waals surface area contributed by atoms with Gasteiger partial charge in [0.05, 0.1) is 11.3 Å². The van der Waals surface area contributed by atoms with E-state index in [1.807, 2.05) is 0 Å². The molecular formula is C20H13Cl3N2O2S. The molecule has 8 heteroatoms. The van der Waals surface area contributed by atoms with Crippen molar-refractivity contribution in [1.82, 2.24) is 0 Å². The summed E-state index contributed by atoms with van der Waals surface area (Å²) < 4.78 is 0. The first-order valence-corrected chi connectivity index (χ1v) is 9.57. The number of anilines is 2. The van der Waals surface area contributed by atoms with Crippen LogP contribution in [0.2, 0.25) is 15.1 Å². The van der Waals surface area contributed by atoms with Crippen LogP contribution in [0.4, 0.5) is 11.4 Å². The van der Waals surface area contributed by atoms with E-state index in [1.54, 1.807) is 72.8 Å². The largest absolute Gasteiger partial charge is 0.363 e. The second-order valence-corrected chi connectivity index (χ2v) is 7.30. The standard InChI is InChI=1S/C20H13Cl3N2O2S/c21-14-9-7-13(8-10-14)19(26)27-25(18-6-2-4-16(23)12-18)20(28)24-17-5-1-3-15(22)11-17/h1-12H,(H,24,28). The number of nitrogens with one attached hydrogen (secondary N) is 1. The summed E-state index contributed by atoms with van der Waals surface area (Å²) in [4.78, 5) is 18.1. The first-order chi connectivity index (χ1) is 13.4. The van der Waals surface area contributed by atoms with E-state index in [4.69, 9.17) is 51.9 Å². The van der Waals surface area contributed by atoms with Crippen molar-refractivity contribution in [2.24, 2.45) is 0 Å². The van der Waals surface area contributed by atoms with Crippen molar-refractivity contribution in [3.63, 3.8) is 0 Å². The molecule has 0 saturated carbocycles. The zero-order valence-electron chi connectivity index (χ0n) is 14.2. The molecule has 0 spiro atoms. The Labute approximate surface area is 182 Å². The lowest BCUT2D eigenvalue weighted by atomic mass is 10.2. The quantitative estimate of drug-likeness (QED) is 0.358. The summed E-state index contributed by atoms with van der Waals surface area (Å²) in [5, 5.41) is 5.85. The average Bonchev–Trinajstić information content (AvgIpc) is 2.66. The summed E-state index contributed by atoms with van der Waals surface area (Å²) in [5.41, 5.74) is 1.45. The van der Waals surface area contributed by atoms with Crippen molar-refractivity contribution in [2.75, 3.05) is 10.4 Å². The van der Waals surface area contributed by atoms with Crippen LogP contribution in [0.1, 0.15) is 10.4 Å². The molecule has 0 radical (unpaired) electrons. The minimum Gasteiger partial charge on any atom is -0.330 e. The van der Waals surface area contributed by atoms with Crippen molar-refractivity contribution < 1.29 is 9.63 Å². The highest BCUT2D eigenvalue weighted by atomic mass is 35.5. The predicted octanol–water partition coefficient (Wildman–Crippen LogP) is 6.62. The van der Waals surface area contributed by atoms with Gasteiger partial charge in [-0.1, -0.05) is 46.9 Å². The number of rotatable bonds is 3. The van der Waals surface area contributed by atoms with E-state index in [1.165, 1.54) is 5.06 Å². The Morgan fingerprint density at radius 3 is 2.14 bits per heavy atom. The maximum atomic E-state index is 12.6. The van der Waals surface area contributed by atoms with Crippen LogP contribution in [0, 0.1) is 0 Å². The fraction of sp³-hybridized carbons (Fsp3) is 0. The van der Waals surface area contributed by atoms with Gasteiger partial charge in [0.2, 0.25) is 5.11 Å². The van der Waals surface area contributed by atoms with E-state index in [0.29, 0.717) is 32.0 Å². The van der Waals surface area contributed by atoms with Crippen LogP contribution in [-0.4, -0.2) is 11.1 Å². The van der Waals surface area contributed by atoms with Gasteiger partial charge in [-0.3, -0.25) is 0 Å². The molecule has 0 aromatic heterocycles. The van der Waals surface area contributed by atoms with Gasteiger partial charge >= 0.3 is 5.97 Å². The number of thiocarbonyl (C=S) groups is 1. The van der Waals surface area contributed by atoms with Crippen LogP contribution in [0.25, 0.3) is 0 Å². The fourth-order valence-electron chi connectivity index (χ4n) is 2.28. The molecule has 0 aliphatic carbocycles. The van der Waals surface area contributed by atoms with Gasteiger partial charge in [0.25, 0.3) is 0 Å². The minimum atomic E-state index is -0.605. The summed E-state index contributed by atoms with van der Waals surface area (Å²) in [7, 11) is 0. The SMILES string of the molecule is O=C(ON(C(=S)Nc1cccc(Cl)c1)c1cccc(Cl)c1)c1ccc(Cl)cc1. The van der Waals surface area contributed by atoms with Gasteiger partial charge in [0.15, 0.2) is 0 Å². The summed E-state index contributed by atoms with van der Waals surface area (Å²) in [5.74, 6) is -0.605. The smallest absolute Gasteiger partial charge is 0.330 e. The Morgan fingerprint density at radius 2 is 1.50 bits per heavy atom. The van der Waals surface area contributed by atoms with Crippen LogP contribution in [-0.2, 0) is 4.84 Å². The van der Waals surface area contributed by atoms with Gasteiger partial charge in [-0.2, -0.15) is 0 Å². The zero-order chi connectivity index (χ0) is 20.1. The highest BCUT2D eigenvalue weighted by molar-refractivity contribution is 7.80. The average molecular weight is 452 g/mol. The molecule has 0 aliphatic heterocycles. The number of benzene rings is 3. The molecule has 0 heterocycles. The van der Waals surface area contributed by atoms with Gasteiger partial charge in [-0.25, -0.2) is 4.79 Å². The lowest BCUT2D eigenvalue weighted by Gasteiger charge is -2.24. The van der Waals surface area contributed by atoms with Crippen LogP contribution in [0.5, 0.6) is 0 Å². The van der Waals surface area contributed by atoms with Gasteiger partial charge in [-0.05, 0) is 72.9 Å². The summed E-state index contributed by atoms with van der Waals surface area (Å²) >= 11 is 23.4. The topological polar surface area (TPSA) is 41.6 Å². The minimum absolute atomic E-state index is 0.131. The molecule has 1 N–H and O–H groups in total. The molecule has 0 fully saturated rings. The molecule has 0 aliphatic rings. The lowest BCUT2D eigenvalue weighted by molar-refractivity contribution is 0.0519. The third-order valence-corrected chi connectivity index (χ3v) is 4.55. The monoisotopic (exact) mass is 450 g/mol. The van der Waals surface area contributed by atoms with Crippen molar-refractivity contribution >= 4 is 69.5 Å². The maximum absolute atomic E-state index is 12.6. The molecule has 0 unspecified atom stereocenters. The van der Waals surface area contributed by atoms with E-state index in [-0.39, 0.29) is 5.11 Å². The summed E-state index contributed by atoms with van der Waals surface area (Å²) in [6.45, 7) is 0. The first-order valence-electron chi connectivity index (χ1n) is 8.02. The lowest BCUT2D eigenvalue weighted by Crippen LogP contribution is -2.37. The van der Waals surface area contributed by atoms with Crippen molar-refractivity contribution in [2.45, 2.75) is 0 Å². The molecule has 3 aromatic carbocycles. The van der Waals surface area contributed by atoms with Crippen LogP contribution >= 0.6 is 47.0 Å². The third kappa shape index (κ3) is 5.36. The highest BCUT2D eigenvalue weighted by Gasteiger charge is 2.20. The number of carbonyl (C=O) groups is 1. The number of nitrogens with zero attached hydrogens (tertiary/aromatic N) is 1. The maximum Gasteiger partial charge on any atom is 0.363 e. The number of hydrogen-bond donors (Lipinski definition) is 1. The van der Waals surface area contributed by atoms with E-state index in [2.05, 4.69) is 5.32 Å². The van der Waals surface area contributed by atoms with E-state index >= 15 is 0 Å². The van der Waals surface area contributed by atoms with Crippen LogP contribution in [0.3, 0.4) is 0 Å². The summed E-state index contributed by atoms with van der Waals surface area (Å²) in [6.07, 6.45) is 0. The Kier molecular flexibility index (Phi) is 6.75. The number of hydrogen-bond acceptors (Lipinski definition) is 3. The summed E-state index contributed by atoms with van der Waals surface area (Å²) in [6, 6.07) is 20.1. The predicted molar refractivity (Wildman–Crippen MR) is 118 cm³/mol. The Morgan fingerprint density at radius 1 is 0.857 bits per heavy atom. The van der Waals surface area contributed by atoms with Gasteiger partial charge in [0, 0.05) is 20.8 Å². The molecule has 28 heavy (non-hydrogen) atoms. The Bertz CT molecular complexity index is 1010. The normalized spacial score (nSPS) is 10.2. The molecular weight excluding hydrogens is 439 g/mol. The first kappa shape index (κ1) is 20.4. The Hall–Kier alpha value is -2.31. The number of halogens is 3. The number of hydroxylamine groups is 1. The molecule has 0 atom stereocenters. The molecule has 142 valence electrons. The van der Waals surface area contributed by atoms with Gasteiger partial charge in [-0.15, -0.1) is 5.06 Å². The fourth-order valence-corrected chi connectivity index (χ4v) is 3.04. The van der Waals surface area contributed by atoms with E-state index in [0.717, 1.165) is 0 Å². The third-order valence-electron chi connectivity index (χ3n) is 3.56. The second kappa shape index (κ2) is 9.26. The van der Waals surface area contributed by atoms with Crippen LogP contribution < -0.4 is 10.4 Å².